The predicted octanol–water partition coefficient (Wildman–Crippen LogP) is 3.45. The first-order valence-corrected chi connectivity index (χ1v) is 5.82. The predicted molar refractivity (Wildman–Crippen MR) is 69.1 cm³/mol. The molecule has 4 heteroatoms. The Balaban J connectivity index is 0.00000144. The molecule has 17 heavy (non-hydrogen) atoms. The van der Waals surface area contributed by atoms with Crippen molar-refractivity contribution in [2.24, 2.45) is 11.7 Å². The summed E-state index contributed by atoms with van der Waals surface area (Å²) in [6.07, 6.45) is 4.64. The molecule has 0 unspecified atom stereocenters. The minimum Gasteiger partial charge on any atom is -0.494 e. The summed E-state index contributed by atoms with van der Waals surface area (Å²) in [4.78, 5) is 0. The molecule has 1 aromatic carbocycles. The van der Waals surface area contributed by atoms with E-state index in [0.29, 0.717) is 11.5 Å². The highest BCUT2D eigenvalue weighted by molar-refractivity contribution is 5.85. The Morgan fingerprint density at radius 3 is 2.59 bits per heavy atom. The van der Waals surface area contributed by atoms with Crippen LogP contribution in [-0.2, 0) is 0 Å². The summed E-state index contributed by atoms with van der Waals surface area (Å²) in [5.74, 6) is 0.400. The van der Waals surface area contributed by atoms with Crippen molar-refractivity contribution >= 4 is 12.4 Å². The zero-order valence-electron chi connectivity index (χ0n) is 9.99. The number of rotatable bonds is 3. The first-order chi connectivity index (χ1) is 7.74. The second-order valence-corrected chi connectivity index (χ2v) is 4.43. The number of ether oxygens (including phenoxy) is 1. The standard InChI is InChI=1S/C13H18FNO.ClH/c1-16-11-8-4-7-10(12(11)14)13(15)9-5-2-3-6-9;/h4,7-9,13H,2-3,5-6,15H2,1H3;1H/t13-;/m0./s1. The smallest absolute Gasteiger partial charge is 0.169 e. The van der Waals surface area contributed by atoms with Gasteiger partial charge in [0.2, 0.25) is 0 Å². The Hall–Kier alpha value is -0.800. The zero-order chi connectivity index (χ0) is 11.5. The second-order valence-electron chi connectivity index (χ2n) is 4.43. The minimum absolute atomic E-state index is 0. The van der Waals surface area contributed by atoms with E-state index in [1.165, 1.54) is 20.0 Å². The highest BCUT2D eigenvalue weighted by Gasteiger charge is 2.26. The number of nitrogens with two attached hydrogens (primary N) is 1. The van der Waals surface area contributed by atoms with Gasteiger partial charge >= 0.3 is 0 Å². The highest BCUT2D eigenvalue weighted by atomic mass is 35.5. The summed E-state index contributed by atoms with van der Waals surface area (Å²) in [6, 6.07) is 4.99. The maximum Gasteiger partial charge on any atom is 0.169 e. The summed E-state index contributed by atoms with van der Waals surface area (Å²) >= 11 is 0. The molecular weight excluding hydrogens is 241 g/mol. The van der Waals surface area contributed by atoms with E-state index in [0.717, 1.165) is 12.8 Å². The van der Waals surface area contributed by atoms with Gasteiger partial charge in [-0.25, -0.2) is 4.39 Å². The molecule has 1 saturated carbocycles. The summed E-state index contributed by atoms with van der Waals surface area (Å²) in [5.41, 5.74) is 6.72. The van der Waals surface area contributed by atoms with Gasteiger partial charge < -0.3 is 10.5 Å². The van der Waals surface area contributed by atoms with E-state index in [1.807, 2.05) is 0 Å². The first kappa shape index (κ1) is 14.3. The molecule has 1 aliphatic carbocycles. The van der Waals surface area contributed by atoms with Gasteiger partial charge in [-0.05, 0) is 24.8 Å². The molecule has 1 atom stereocenters. The van der Waals surface area contributed by atoms with Crippen LogP contribution in [0.4, 0.5) is 4.39 Å². The molecule has 1 aromatic rings. The molecule has 96 valence electrons. The third kappa shape index (κ3) is 2.90. The van der Waals surface area contributed by atoms with E-state index < -0.39 is 0 Å². The van der Waals surface area contributed by atoms with Gasteiger partial charge in [0.05, 0.1) is 7.11 Å². The van der Waals surface area contributed by atoms with Gasteiger partial charge in [-0.3, -0.25) is 0 Å². The average molecular weight is 260 g/mol. The molecular formula is C13H19ClFNO. The van der Waals surface area contributed by atoms with E-state index in [1.54, 1.807) is 18.2 Å². The third-order valence-electron chi connectivity index (χ3n) is 3.48. The van der Waals surface area contributed by atoms with Crippen molar-refractivity contribution in [1.82, 2.24) is 0 Å². The van der Waals surface area contributed by atoms with E-state index >= 15 is 0 Å². The highest BCUT2D eigenvalue weighted by Crippen LogP contribution is 2.36. The van der Waals surface area contributed by atoms with E-state index in [9.17, 15) is 4.39 Å². The van der Waals surface area contributed by atoms with Crippen LogP contribution in [0.15, 0.2) is 18.2 Å². The van der Waals surface area contributed by atoms with Crippen LogP contribution in [0.5, 0.6) is 5.75 Å². The summed E-state index contributed by atoms with van der Waals surface area (Å²) in [6.45, 7) is 0. The van der Waals surface area contributed by atoms with Crippen LogP contribution in [0, 0.1) is 11.7 Å². The topological polar surface area (TPSA) is 35.2 Å². The molecule has 0 radical (unpaired) electrons. The van der Waals surface area contributed by atoms with Crippen LogP contribution in [0.3, 0.4) is 0 Å². The summed E-state index contributed by atoms with van der Waals surface area (Å²) < 4.78 is 18.9. The summed E-state index contributed by atoms with van der Waals surface area (Å²) in [5, 5.41) is 0. The van der Waals surface area contributed by atoms with E-state index in [2.05, 4.69) is 0 Å². The van der Waals surface area contributed by atoms with Crippen molar-refractivity contribution in [3.8, 4) is 5.75 Å². The minimum atomic E-state index is -0.301. The fraction of sp³-hybridized carbons (Fsp3) is 0.538. The third-order valence-corrected chi connectivity index (χ3v) is 3.48. The molecule has 2 N–H and O–H groups in total. The van der Waals surface area contributed by atoms with Crippen molar-refractivity contribution < 1.29 is 9.13 Å². The van der Waals surface area contributed by atoms with Gasteiger partial charge in [0.1, 0.15) is 0 Å². The second kappa shape index (κ2) is 6.22. The van der Waals surface area contributed by atoms with Crippen molar-refractivity contribution in [3.63, 3.8) is 0 Å². The normalized spacial score (nSPS) is 17.6. The van der Waals surface area contributed by atoms with Crippen LogP contribution >= 0.6 is 12.4 Å². The van der Waals surface area contributed by atoms with E-state index in [4.69, 9.17) is 10.5 Å². The monoisotopic (exact) mass is 259 g/mol. The maximum atomic E-state index is 14.0. The van der Waals surface area contributed by atoms with Gasteiger partial charge in [-0.1, -0.05) is 25.0 Å². The molecule has 0 spiro atoms. The van der Waals surface area contributed by atoms with Gasteiger partial charge in [0.25, 0.3) is 0 Å². The molecule has 1 fully saturated rings. The first-order valence-electron chi connectivity index (χ1n) is 5.82. The Labute approximate surface area is 108 Å². The van der Waals surface area contributed by atoms with Gasteiger partial charge in [0, 0.05) is 11.6 Å². The quantitative estimate of drug-likeness (QED) is 0.902. The maximum absolute atomic E-state index is 14.0. The van der Waals surface area contributed by atoms with Crippen LogP contribution in [0.1, 0.15) is 37.3 Å². The van der Waals surface area contributed by atoms with Crippen LogP contribution in [-0.4, -0.2) is 7.11 Å². The molecule has 1 aliphatic rings. The number of halogens is 2. The fourth-order valence-corrected chi connectivity index (χ4v) is 2.51. The Kier molecular flexibility index (Phi) is 5.22. The number of hydrogen-bond acceptors (Lipinski definition) is 2. The van der Waals surface area contributed by atoms with Crippen LogP contribution in [0.2, 0.25) is 0 Å². The van der Waals surface area contributed by atoms with Crippen LogP contribution in [0.25, 0.3) is 0 Å². The lowest BCUT2D eigenvalue weighted by atomic mass is 9.92. The molecule has 0 heterocycles. The van der Waals surface area contributed by atoms with Crippen molar-refractivity contribution in [2.45, 2.75) is 31.7 Å². The Morgan fingerprint density at radius 2 is 2.00 bits per heavy atom. The van der Waals surface area contributed by atoms with Gasteiger partial charge in [0.15, 0.2) is 11.6 Å². The largest absolute Gasteiger partial charge is 0.494 e. The Bertz CT molecular complexity index is 366. The summed E-state index contributed by atoms with van der Waals surface area (Å²) in [7, 11) is 1.48. The molecule has 0 bridgehead atoms. The SMILES string of the molecule is COc1cccc([C@@H](N)C2CCCC2)c1F.Cl. The Morgan fingerprint density at radius 1 is 1.35 bits per heavy atom. The molecule has 2 rings (SSSR count). The lowest BCUT2D eigenvalue weighted by Gasteiger charge is -2.20. The van der Waals surface area contributed by atoms with Crippen molar-refractivity contribution in [2.75, 3.05) is 7.11 Å². The lowest BCUT2D eigenvalue weighted by molar-refractivity contribution is 0.373. The number of methoxy groups -OCH3 is 1. The molecule has 0 aliphatic heterocycles. The van der Waals surface area contributed by atoms with Gasteiger partial charge in [-0.2, -0.15) is 0 Å². The van der Waals surface area contributed by atoms with Crippen molar-refractivity contribution in [1.29, 1.82) is 0 Å². The fourth-order valence-electron chi connectivity index (χ4n) is 2.51. The molecule has 0 amide bonds. The molecule has 2 nitrogen and oxygen atoms in total. The van der Waals surface area contributed by atoms with E-state index in [-0.39, 0.29) is 30.0 Å². The zero-order valence-corrected chi connectivity index (χ0v) is 10.8. The van der Waals surface area contributed by atoms with Crippen molar-refractivity contribution in [3.05, 3.63) is 29.6 Å². The molecule has 0 saturated heterocycles. The number of benzene rings is 1. The van der Waals surface area contributed by atoms with Crippen LogP contribution < -0.4 is 10.5 Å². The van der Waals surface area contributed by atoms with Gasteiger partial charge in [-0.15, -0.1) is 12.4 Å². The number of hydrogen-bond donors (Lipinski definition) is 1. The average Bonchev–Trinajstić information content (AvgIpc) is 2.82. The lowest BCUT2D eigenvalue weighted by Crippen LogP contribution is -2.20. The molecule has 0 aromatic heterocycles.